The monoisotopic (exact) mass is 344 g/mol. The van der Waals surface area contributed by atoms with Crippen LogP contribution in [0.25, 0.3) is 10.9 Å². The molecule has 0 aliphatic heterocycles. The van der Waals surface area contributed by atoms with Crippen molar-refractivity contribution in [2.24, 2.45) is 11.3 Å². The number of nitrogens with one attached hydrogen (secondary N) is 1. The van der Waals surface area contributed by atoms with Crippen LogP contribution in [-0.2, 0) is 14.8 Å². The maximum absolute atomic E-state index is 12.7. The molecule has 0 radical (unpaired) electrons. The minimum atomic E-state index is -3.91. The molecule has 1 heterocycles. The highest BCUT2D eigenvalue weighted by Crippen LogP contribution is 2.58. The molecule has 126 valence electrons. The molecule has 2 aromatic rings. The van der Waals surface area contributed by atoms with E-state index >= 15 is 0 Å². The summed E-state index contributed by atoms with van der Waals surface area (Å²) in [5, 5.41) is 0.752. The Hall–Kier alpha value is -1.95. The number of amides is 1. The average molecular weight is 344 g/mol. The number of fused-ring (bicyclic) bond motifs is 1. The molecule has 24 heavy (non-hydrogen) atoms. The molecule has 5 nitrogen and oxygen atoms in total. The van der Waals surface area contributed by atoms with Gasteiger partial charge in [-0.2, -0.15) is 0 Å². The molecule has 2 aliphatic carbocycles. The van der Waals surface area contributed by atoms with Gasteiger partial charge >= 0.3 is 0 Å². The Labute approximate surface area is 141 Å². The minimum absolute atomic E-state index is 0.0611. The van der Waals surface area contributed by atoms with Gasteiger partial charge < -0.3 is 0 Å². The van der Waals surface area contributed by atoms with E-state index in [4.69, 9.17) is 0 Å². The van der Waals surface area contributed by atoms with Crippen molar-refractivity contribution in [3.05, 3.63) is 36.0 Å². The molecule has 0 saturated heterocycles. The Morgan fingerprint density at radius 2 is 2.04 bits per heavy atom. The predicted octanol–water partition coefficient (Wildman–Crippen LogP) is 2.93. The fourth-order valence-corrected chi connectivity index (χ4v) is 5.21. The van der Waals surface area contributed by atoms with Gasteiger partial charge in [-0.15, -0.1) is 0 Å². The number of rotatable bonds is 3. The van der Waals surface area contributed by atoms with E-state index in [1.54, 1.807) is 12.3 Å². The molecule has 0 unspecified atom stereocenters. The molecular formula is C18H20N2O3S. The third-order valence-electron chi connectivity index (χ3n) is 5.48. The fraction of sp³-hybridized carbons (Fsp3) is 0.444. The standard InChI is InChI=1S/C18H20N2O3S/c1-12-8-13-4-2-5-15(16(13)19-11-12)24(22,23)20-17(21)14-9-18(10-14)6-3-7-18/h2,4-5,8,11,14H,3,6-7,9-10H2,1H3,(H,20,21). The van der Waals surface area contributed by atoms with E-state index in [1.165, 1.54) is 25.3 Å². The number of pyridine rings is 1. The smallest absolute Gasteiger partial charge is 0.266 e. The number of para-hydroxylation sites is 1. The molecule has 2 aliphatic rings. The molecule has 1 amide bonds. The van der Waals surface area contributed by atoms with Crippen LogP contribution in [0.4, 0.5) is 0 Å². The van der Waals surface area contributed by atoms with Gasteiger partial charge in [0.05, 0.1) is 5.52 Å². The highest BCUT2D eigenvalue weighted by atomic mass is 32.2. The van der Waals surface area contributed by atoms with Crippen LogP contribution in [-0.4, -0.2) is 19.3 Å². The van der Waals surface area contributed by atoms with Gasteiger partial charge in [0.2, 0.25) is 5.91 Å². The lowest BCUT2D eigenvalue weighted by Crippen LogP contribution is -2.49. The number of aromatic nitrogens is 1. The molecule has 0 atom stereocenters. The van der Waals surface area contributed by atoms with Crippen LogP contribution in [0.5, 0.6) is 0 Å². The van der Waals surface area contributed by atoms with Crippen LogP contribution in [0.2, 0.25) is 0 Å². The highest BCUT2D eigenvalue weighted by molar-refractivity contribution is 7.90. The van der Waals surface area contributed by atoms with Gasteiger partial charge in [-0.3, -0.25) is 9.78 Å². The average Bonchev–Trinajstić information content (AvgIpc) is 2.42. The van der Waals surface area contributed by atoms with Crippen molar-refractivity contribution in [1.29, 1.82) is 0 Å². The number of carbonyl (C=O) groups excluding carboxylic acids is 1. The molecule has 1 aromatic heterocycles. The van der Waals surface area contributed by atoms with E-state index in [2.05, 4.69) is 9.71 Å². The lowest BCUT2D eigenvalue weighted by Gasteiger charge is -2.53. The normalized spacial score (nSPS) is 19.7. The molecule has 0 bridgehead atoms. The second-order valence-electron chi connectivity index (χ2n) is 7.27. The molecule has 1 aromatic carbocycles. The molecule has 1 spiro atoms. The van der Waals surface area contributed by atoms with E-state index in [9.17, 15) is 13.2 Å². The van der Waals surface area contributed by atoms with Gasteiger partial charge in [-0.05, 0) is 55.7 Å². The third-order valence-corrected chi connectivity index (χ3v) is 6.86. The maximum Gasteiger partial charge on any atom is 0.266 e. The van der Waals surface area contributed by atoms with Crippen molar-refractivity contribution in [2.45, 2.75) is 43.9 Å². The van der Waals surface area contributed by atoms with E-state index in [0.29, 0.717) is 10.9 Å². The summed E-state index contributed by atoms with van der Waals surface area (Å²) in [5.41, 5.74) is 1.69. The first-order valence-electron chi connectivity index (χ1n) is 8.31. The maximum atomic E-state index is 12.7. The molecular weight excluding hydrogens is 324 g/mol. The second-order valence-corrected chi connectivity index (χ2v) is 8.92. The Kier molecular flexibility index (Phi) is 3.42. The Morgan fingerprint density at radius 1 is 1.29 bits per heavy atom. The van der Waals surface area contributed by atoms with E-state index in [0.717, 1.165) is 23.8 Å². The number of benzene rings is 1. The van der Waals surface area contributed by atoms with Gasteiger partial charge in [0.25, 0.3) is 10.0 Å². The van der Waals surface area contributed by atoms with Crippen molar-refractivity contribution in [3.63, 3.8) is 0 Å². The van der Waals surface area contributed by atoms with Gasteiger partial charge in [0.15, 0.2) is 0 Å². The number of sulfonamides is 1. The summed E-state index contributed by atoms with van der Waals surface area (Å²) in [6.07, 6.45) is 6.86. The zero-order chi connectivity index (χ0) is 16.9. The van der Waals surface area contributed by atoms with Crippen LogP contribution in [0, 0.1) is 18.3 Å². The first kappa shape index (κ1) is 15.6. The predicted molar refractivity (Wildman–Crippen MR) is 90.8 cm³/mol. The lowest BCUT2D eigenvalue weighted by atomic mass is 9.52. The number of hydrogen-bond donors (Lipinski definition) is 1. The van der Waals surface area contributed by atoms with E-state index in [1.807, 2.05) is 19.1 Å². The summed E-state index contributed by atoms with van der Waals surface area (Å²) in [6, 6.07) is 6.88. The highest BCUT2D eigenvalue weighted by Gasteiger charge is 2.51. The molecule has 6 heteroatoms. The van der Waals surface area contributed by atoms with Crippen molar-refractivity contribution in [2.75, 3.05) is 0 Å². The molecule has 1 N–H and O–H groups in total. The van der Waals surface area contributed by atoms with Gasteiger partial charge in [0, 0.05) is 17.5 Å². The van der Waals surface area contributed by atoms with Crippen molar-refractivity contribution in [1.82, 2.24) is 9.71 Å². The first-order chi connectivity index (χ1) is 11.4. The van der Waals surface area contributed by atoms with Crippen LogP contribution >= 0.6 is 0 Å². The van der Waals surface area contributed by atoms with Crippen LogP contribution in [0.3, 0.4) is 0 Å². The lowest BCUT2D eigenvalue weighted by molar-refractivity contribution is -0.134. The summed E-state index contributed by atoms with van der Waals surface area (Å²) in [5.74, 6) is -0.554. The summed E-state index contributed by atoms with van der Waals surface area (Å²) in [4.78, 5) is 16.6. The van der Waals surface area contributed by atoms with Crippen LogP contribution < -0.4 is 4.72 Å². The zero-order valence-corrected chi connectivity index (χ0v) is 14.4. The zero-order valence-electron chi connectivity index (χ0n) is 13.6. The van der Waals surface area contributed by atoms with Crippen LogP contribution in [0.1, 0.15) is 37.7 Å². The van der Waals surface area contributed by atoms with Gasteiger partial charge in [-0.25, -0.2) is 13.1 Å². The largest absolute Gasteiger partial charge is 0.274 e. The SMILES string of the molecule is Cc1cnc2c(S(=O)(=O)NC(=O)C3CC4(CCC4)C3)cccc2c1. The number of hydrogen-bond acceptors (Lipinski definition) is 4. The van der Waals surface area contributed by atoms with Crippen molar-refractivity contribution in [3.8, 4) is 0 Å². The summed E-state index contributed by atoms with van der Waals surface area (Å²) >= 11 is 0. The summed E-state index contributed by atoms with van der Waals surface area (Å²) in [7, 11) is -3.91. The van der Waals surface area contributed by atoms with Gasteiger partial charge in [0.1, 0.15) is 4.90 Å². The Bertz CT molecular complexity index is 924. The Morgan fingerprint density at radius 3 is 2.71 bits per heavy atom. The minimum Gasteiger partial charge on any atom is -0.274 e. The Balaban J connectivity index is 1.58. The summed E-state index contributed by atoms with van der Waals surface area (Å²) < 4.78 is 27.6. The number of aryl methyl sites for hydroxylation is 1. The second kappa shape index (κ2) is 5.28. The van der Waals surface area contributed by atoms with Crippen LogP contribution in [0.15, 0.2) is 35.4 Å². The number of nitrogens with zero attached hydrogens (tertiary/aromatic N) is 1. The van der Waals surface area contributed by atoms with Crippen molar-refractivity contribution < 1.29 is 13.2 Å². The van der Waals surface area contributed by atoms with Crippen molar-refractivity contribution >= 4 is 26.8 Å². The van der Waals surface area contributed by atoms with E-state index in [-0.39, 0.29) is 16.7 Å². The quantitative estimate of drug-likeness (QED) is 0.929. The molecule has 4 rings (SSSR count). The third kappa shape index (κ3) is 2.49. The molecule has 2 fully saturated rings. The first-order valence-corrected chi connectivity index (χ1v) is 9.79. The topological polar surface area (TPSA) is 76.1 Å². The summed E-state index contributed by atoms with van der Waals surface area (Å²) in [6.45, 7) is 1.91. The molecule has 2 saturated carbocycles. The van der Waals surface area contributed by atoms with E-state index < -0.39 is 10.0 Å². The number of carbonyl (C=O) groups is 1. The van der Waals surface area contributed by atoms with Gasteiger partial charge in [-0.1, -0.05) is 18.6 Å². The fourth-order valence-electron chi connectivity index (χ4n) is 3.99.